The zero-order chi connectivity index (χ0) is 12.3. The fraction of sp³-hybridized carbons (Fsp3) is 0.250. The summed E-state index contributed by atoms with van der Waals surface area (Å²) >= 11 is 1.73. The second-order valence-corrected chi connectivity index (χ2v) is 4.93. The Morgan fingerprint density at radius 3 is 3.12 bits per heavy atom. The first kappa shape index (κ1) is 11.7. The Balaban J connectivity index is 2.03. The number of oxime groups is 1. The summed E-state index contributed by atoms with van der Waals surface area (Å²) in [5.74, 6) is 0.243. The summed E-state index contributed by atoms with van der Waals surface area (Å²) in [7, 11) is 0. The number of fused-ring (bicyclic) bond motifs is 1. The van der Waals surface area contributed by atoms with Gasteiger partial charge in [-0.3, -0.25) is 0 Å². The van der Waals surface area contributed by atoms with Crippen LogP contribution in [-0.4, -0.2) is 17.6 Å². The lowest BCUT2D eigenvalue weighted by Crippen LogP contribution is -2.27. The maximum absolute atomic E-state index is 8.55. The molecule has 1 aromatic carbocycles. The number of hydrogen-bond acceptors (Lipinski definition) is 4. The zero-order valence-electron chi connectivity index (χ0n) is 9.55. The van der Waals surface area contributed by atoms with Gasteiger partial charge in [0, 0.05) is 22.8 Å². The van der Waals surface area contributed by atoms with E-state index in [0.29, 0.717) is 6.54 Å². The molecule has 0 saturated carbocycles. The smallest absolute Gasteiger partial charge is 0.143 e. The highest BCUT2D eigenvalue weighted by Crippen LogP contribution is 2.24. The molecule has 2 aromatic rings. The molecule has 90 valence electrons. The van der Waals surface area contributed by atoms with E-state index in [0.717, 1.165) is 5.69 Å². The molecule has 0 bridgehead atoms. The lowest BCUT2D eigenvalue weighted by molar-refractivity contribution is 0.315. The van der Waals surface area contributed by atoms with Crippen LogP contribution in [0, 0.1) is 5.92 Å². The first-order chi connectivity index (χ1) is 8.20. The molecule has 5 heteroatoms. The highest BCUT2D eigenvalue weighted by Gasteiger charge is 2.07. The Kier molecular flexibility index (Phi) is 3.49. The van der Waals surface area contributed by atoms with E-state index in [-0.39, 0.29) is 11.8 Å². The van der Waals surface area contributed by atoms with Crippen molar-refractivity contribution < 1.29 is 5.21 Å². The van der Waals surface area contributed by atoms with Gasteiger partial charge in [-0.15, -0.1) is 11.3 Å². The van der Waals surface area contributed by atoms with Gasteiger partial charge in [0.15, 0.2) is 0 Å². The lowest BCUT2D eigenvalue weighted by Gasteiger charge is -2.12. The Bertz CT molecular complexity index is 535. The standard InChI is InChI=1S/C12H15N3OS/c1-8(12(13)15-16)7-14-10-2-3-11-9(6-10)4-5-17-11/h2-6,8,14,16H,7H2,1H3,(H2,13,15). The number of nitrogens with two attached hydrogens (primary N) is 1. The summed E-state index contributed by atoms with van der Waals surface area (Å²) in [4.78, 5) is 0. The van der Waals surface area contributed by atoms with Crippen molar-refractivity contribution in [3.63, 3.8) is 0 Å². The molecule has 0 aliphatic heterocycles. The number of thiophene rings is 1. The number of nitrogens with one attached hydrogen (secondary N) is 1. The monoisotopic (exact) mass is 249 g/mol. The predicted molar refractivity (Wildman–Crippen MR) is 72.9 cm³/mol. The van der Waals surface area contributed by atoms with Crippen LogP contribution in [0.25, 0.3) is 10.1 Å². The molecule has 0 fully saturated rings. The number of anilines is 1. The molecule has 0 amide bonds. The third-order valence-corrected chi connectivity index (χ3v) is 3.58. The number of benzene rings is 1. The van der Waals surface area contributed by atoms with Crippen LogP contribution in [0.15, 0.2) is 34.8 Å². The normalized spacial score (nSPS) is 13.8. The predicted octanol–water partition coefficient (Wildman–Crippen LogP) is 2.70. The number of nitrogens with zero attached hydrogens (tertiary/aromatic N) is 1. The summed E-state index contributed by atoms with van der Waals surface area (Å²) in [5.41, 5.74) is 6.57. The average molecular weight is 249 g/mol. The topological polar surface area (TPSA) is 70.6 Å². The van der Waals surface area contributed by atoms with Gasteiger partial charge >= 0.3 is 0 Å². The average Bonchev–Trinajstić information content (AvgIpc) is 2.82. The van der Waals surface area contributed by atoms with E-state index in [4.69, 9.17) is 10.9 Å². The summed E-state index contributed by atoms with van der Waals surface area (Å²) in [6.45, 7) is 2.55. The van der Waals surface area contributed by atoms with Crippen molar-refractivity contribution in [2.75, 3.05) is 11.9 Å². The Morgan fingerprint density at radius 2 is 2.35 bits per heavy atom. The van der Waals surface area contributed by atoms with Crippen molar-refractivity contribution in [2.45, 2.75) is 6.92 Å². The first-order valence-corrected chi connectivity index (χ1v) is 6.27. The summed E-state index contributed by atoms with van der Waals surface area (Å²) in [6.07, 6.45) is 0. The van der Waals surface area contributed by atoms with Gasteiger partial charge in [0.2, 0.25) is 0 Å². The van der Waals surface area contributed by atoms with E-state index in [9.17, 15) is 0 Å². The molecule has 1 unspecified atom stereocenters. The van der Waals surface area contributed by atoms with Crippen LogP contribution >= 0.6 is 11.3 Å². The van der Waals surface area contributed by atoms with Gasteiger partial charge in [-0.2, -0.15) is 0 Å². The van der Waals surface area contributed by atoms with Crippen molar-refractivity contribution in [1.82, 2.24) is 0 Å². The zero-order valence-corrected chi connectivity index (χ0v) is 10.4. The third-order valence-electron chi connectivity index (χ3n) is 2.69. The van der Waals surface area contributed by atoms with Crippen LogP contribution in [0.5, 0.6) is 0 Å². The Labute approximate surface area is 104 Å². The molecule has 0 aliphatic rings. The van der Waals surface area contributed by atoms with Crippen LogP contribution in [0.3, 0.4) is 0 Å². The highest BCUT2D eigenvalue weighted by molar-refractivity contribution is 7.17. The molecule has 4 nitrogen and oxygen atoms in total. The third kappa shape index (κ3) is 2.68. The second-order valence-electron chi connectivity index (χ2n) is 3.98. The fourth-order valence-electron chi connectivity index (χ4n) is 1.55. The van der Waals surface area contributed by atoms with Crippen LogP contribution in [0.2, 0.25) is 0 Å². The van der Waals surface area contributed by atoms with Gasteiger partial charge in [-0.1, -0.05) is 12.1 Å². The van der Waals surface area contributed by atoms with Crippen LogP contribution in [0.1, 0.15) is 6.92 Å². The molecule has 2 rings (SSSR count). The Morgan fingerprint density at radius 1 is 1.53 bits per heavy atom. The van der Waals surface area contributed by atoms with E-state index in [1.54, 1.807) is 11.3 Å². The van der Waals surface area contributed by atoms with Gasteiger partial charge < -0.3 is 16.3 Å². The fourth-order valence-corrected chi connectivity index (χ4v) is 2.32. The molecular formula is C12H15N3OS. The molecule has 0 radical (unpaired) electrons. The maximum Gasteiger partial charge on any atom is 0.143 e. The van der Waals surface area contributed by atoms with E-state index in [1.807, 2.05) is 13.0 Å². The van der Waals surface area contributed by atoms with Crippen molar-refractivity contribution in [3.05, 3.63) is 29.6 Å². The van der Waals surface area contributed by atoms with Crippen LogP contribution < -0.4 is 11.1 Å². The summed E-state index contributed by atoms with van der Waals surface area (Å²) < 4.78 is 1.28. The molecular weight excluding hydrogens is 234 g/mol. The van der Waals surface area contributed by atoms with E-state index >= 15 is 0 Å². The number of rotatable bonds is 4. The number of amidine groups is 1. The van der Waals surface area contributed by atoms with Crippen LogP contribution in [0.4, 0.5) is 5.69 Å². The lowest BCUT2D eigenvalue weighted by atomic mass is 10.1. The molecule has 0 aliphatic carbocycles. The van der Waals surface area contributed by atoms with Crippen LogP contribution in [-0.2, 0) is 0 Å². The van der Waals surface area contributed by atoms with Gasteiger partial charge in [-0.25, -0.2) is 0 Å². The molecule has 0 spiro atoms. The first-order valence-electron chi connectivity index (χ1n) is 5.39. The molecule has 4 N–H and O–H groups in total. The second kappa shape index (κ2) is 5.05. The van der Waals surface area contributed by atoms with Gasteiger partial charge in [0.05, 0.1) is 0 Å². The minimum atomic E-state index is -0.00169. The molecule has 17 heavy (non-hydrogen) atoms. The highest BCUT2D eigenvalue weighted by atomic mass is 32.1. The maximum atomic E-state index is 8.55. The molecule has 0 saturated heterocycles. The van der Waals surface area contributed by atoms with Crippen molar-refractivity contribution in [1.29, 1.82) is 0 Å². The largest absolute Gasteiger partial charge is 0.409 e. The molecule has 1 atom stereocenters. The van der Waals surface area contributed by atoms with Crippen molar-refractivity contribution >= 4 is 32.9 Å². The number of hydrogen-bond donors (Lipinski definition) is 3. The van der Waals surface area contributed by atoms with Crippen molar-refractivity contribution in [2.24, 2.45) is 16.8 Å². The van der Waals surface area contributed by atoms with Gasteiger partial charge in [0.1, 0.15) is 5.84 Å². The summed E-state index contributed by atoms with van der Waals surface area (Å²) in [5, 5.41) is 18.1. The Hall–Kier alpha value is -1.75. The van der Waals surface area contributed by atoms with Gasteiger partial charge in [-0.05, 0) is 35.0 Å². The molecule has 1 heterocycles. The minimum absolute atomic E-state index is 0.00169. The van der Waals surface area contributed by atoms with E-state index in [1.165, 1.54) is 10.1 Å². The van der Waals surface area contributed by atoms with Gasteiger partial charge in [0.25, 0.3) is 0 Å². The summed E-state index contributed by atoms with van der Waals surface area (Å²) in [6, 6.07) is 8.33. The SMILES string of the molecule is CC(CNc1ccc2sccc2c1)C(N)=NO. The quantitative estimate of drug-likeness (QED) is 0.338. The van der Waals surface area contributed by atoms with Crippen molar-refractivity contribution in [3.8, 4) is 0 Å². The minimum Gasteiger partial charge on any atom is -0.409 e. The molecule has 1 aromatic heterocycles. The van der Waals surface area contributed by atoms with E-state index < -0.39 is 0 Å². The van der Waals surface area contributed by atoms with E-state index in [2.05, 4.69) is 34.1 Å².